The maximum Gasteiger partial charge on any atom is 0.263 e. The number of rotatable bonds is 3. The molecule has 1 saturated carbocycles. The first-order valence-electron chi connectivity index (χ1n) is 4.26. The van der Waals surface area contributed by atoms with Gasteiger partial charge in [-0.25, -0.2) is 0 Å². The molecule has 4 heteroatoms. The minimum Gasteiger partial charge on any atom is -0.337 e. The van der Waals surface area contributed by atoms with Gasteiger partial charge in [-0.1, -0.05) is 13.3 Å². The number of halogens is 1. The van der Waals surface area contributed by atoms with E-state index in [1.165, 1.54) is 12.8 Å². The maximum absolute atomic E-state index is 5.58. The summed E-state index contributed by atoms with van der Waals surface area (Å²) in [5.41, 5.74) is 0.189. The summed E-state index contributed by atoms with van der Waals surface area (Å²) in [6.45, 7) is 2.16. The van der Waals surface area contributed by atoms with Gasteiger partial charge in [0.25, 0.3) is 5.28 Å². The maximum atomic E-state index is 5.58. The molecule has 0 radical (unpaired) electrons. The summed E-state index contributed by atoms with van der Waals surface area (Å²) in [6, 6.07) is 0. The van der Waals surface area contributed by atoms with Crippen molar-refractivity contribution in [3.8, 4) is 0 Å². The van der Waals surface area contributed by atoms with Crippen LogP contribution in [0.15, 0.2) is 4.52 Å². The van der Waals surface area contributed by atoms with E-state index in [1.807, 2.05) is 0 Å². The van der Waals surface area contributed by atoms with Crippen LogP contribution in [0.5, 0.6) is 0 Å². The minimum atomic E-state index is 0.189. The molecule has 1 fully saturated rings. The van der Waals surface area contributed by atoms with E-state index < -0.39 is 0 Å². The third kappa shape index (κ3) is 1.22. The van der Waals surface area contributed by atoms with E-state index in [-0.39, 0.29) is 10.7 Å². The lowest BCUT2D eigenvalue weighted by molar-refractivity contribution is 0.335. The molecule has 0 N–H and O–H groups in total. The molecule has 1 aliphatic carbocycles. The predicted octanol–water partition coefficient (Wildman–Crippen LogP) is 2.55. The molecule has 0 aliphatic heterocycles. The number of aromatic nitrogens is 2. The second-order valence-electron chi connectivity index (χ2n) is 3.40. The molecule has 2 rings (SSSR count). The summed E-state index contributed by atoms with van der Waals surface area (Å²) in [5, 5.41) is 3.81. The van der Waals surface area contributed by atoms with Crippen molar-refractivity contribution in [3.63, 3.8) is 0 Å². The van der Waals surface area contributed by atoms with Crippen LogP contribution in [-0.4, -0.2) is 10.1 Å². The average molecular weight is 187 g/mol. The molecule has 1 aromatic heterocycles. The lowest BCUT2D eigenvalue weighted by Gasteiger charge is -2.05. The van der Waals surface area contributed by atoms with Crippen LogP contribution in [0.4, 0.5) is 0 Å². The van der Waals surface area contributed by atoms with Crippen molar-refractivity contribution in [3.05, 3.63) is 11.2 Å². The van der Waals surface area contributed by atoms with Gasteiger partial charge >= 0.3 is 0 Å². The van der Waals surface area contributed by atoms with Gasteiger partial charge in [0, 0.05) is 5.41 Å². The predicted molar refractivity (Wildman–Crippen MR) is 45.1 cm³/mol. The first-order chi connectivity index (χ1) is 5.77. The van der Waals surface area contributed by atoms with Crippen molar-refractivity contribution in [1.29, 1.82) is 0 Å². The van der Waals surface area contributed by atoms with Crippen LogP contribution in [-0.2, 0) is 5.41 Å². The molecule has 0 atom stereocenters. The topological polar surface area (TPSA) is 38.9 Å². The Balaban J connectivity index is 2.18. The number of hydrogen-bond acceptors (Lipinski definition) is 3. The zero-order valence-electron chi connectivity index (χ0n) is 7.01. The molecule has 0 unspecified atom stereocenters. The quantitative estimate of drug-likeness (QED) is 0.728. The lowest BCUT2D eigenvalue weighted by atomic mass is 10.0. The van der Waals surface area contributed by atoms with Crippen molar-refractivity contribution in [2.24, 2.45) is 0 Å². The van der Waals surface area contributed by atoms with Crippen LogP contribution in [0.25, 0.3) is 0 Å². The van der Waals surface area contributed by atoms with Gasteiger partial charge in [0.2, 0.25) is 5.89 Å². The smallest absolute Gasteiger partial charge is 0.263 e. The van der Waals surface area contributed by atoms with Crippen LogP contribution in [0, 0.1) is 0 Å². The summed E-state index contributed by atoms with van der Waals surface area (Å²) in [5.74, 6) is 0.731. The SMILES string of the molecule is CCCC1(c2nc(Cl)no2)CC1. The monoisotopic (exact) mass is 186 g/mol. The molecule has 3 nitrogen and oxygen atoms in total. The molecule has 1 heterocycles. The third-order valence-electron chi connectivity index (χ3n) is 2.44. The standard InChI is InChI=1S/C8H11ClN2O/c1-2-3-8(4-5-8)6-10-7(9)11-12-6/h2-5H2,1H3. The fourth-order valence-corrected chi connectivity index (χ4v) is 1.73. The Kier molecular flexibility index (Phi) is 1.83. The molecule has 0 spiro atoms. The normalized spacial score (nSPS) is 19.5. The van der Waals surface area contributed by atoms with E-state index >= 15 is 0 Å². The Morgan fingerprint density at radius 1 is 1.58 bits per heavy atom. The summed E-state index contributed by atoms with van der Waals surface area (Å²) >= 11 is 5.58. The second-order valence-corrected chi connectivity index (χ2v) is 3.74. The highest BCUT2D eigenvalue weighted by atomic mass is 35.5. The largest absolute Gasteiger partial charge is 0.337 e. The van der Waals surface area contributed by atoms with Crippen LogP contribution < -0.4 is 0 Å². The highest BCUT2D eigenvalue weighted by Crippen LogP contribution is 2.51. The zero-order valence-corrected chi connectivity index (χ0v) is 7.76. The van der Waals surface area contributed by atoms with Gasteiger partial charge in [-0.3, -0.25) is 0 Å². The minimum absolute atomic E-state index is 0.189. The molecule has 0 bridgehead atoms. The van der Waals surface area contributed by atoms with Crippen molar-refractivity contribution in [2.75, 3.05) is 0 Å². The molecular weight excluding hydrogens is 176 g/mol. The summed E-state index contributed by atoms with van der Waals surface area (Å²) in [7, 11) is 0. The van der Waals surface area contributed by atoms with Gasteiger partial charge in [-0.2, -0.15) is 4.98 Å². The third-order valence-corrected chi connectivity index (χ3v) is 2.59. The first-order valence-corrected chi connectivity index (χ1v) is 4.64. The van der Waals surface area contributed by atoms with Crippen LogP contribution in [0.1, 0.15) is 38.5 Å². The van der Waals surface area contributed by atoms with Gasteiger partial charge in [-0.15, -0.1) is 0 Å². The van der Waals surface area contributed by atoms with Crippen molar-refractivity contribution < 1.29 is 4.52 Å². The van der Waals surface area contributed by atoms with Gasteiger partial charge in [0.15, 0.2) is 0 Å². The lowest BCUT2D eigenvalue weighted by Crippen LogP contribution is -2.05. The number of hydrogen-bond donors (Lipinski definition) is 0. The van der Waals surface area contributed by atoms with Crippen molar-refractivity contribution in [2.45, 2.75) is 38.0 Å². The van der Waals surface area contributed by atoms with Crippen LogP contribution in [0.2, 0.25) is 5.28 Å². The van der Waals surface area contributed by atoms with E-state index in [0.717, 1.165) is 18.7 Å². The summed E-state index contributed by atoms with van der Waals surface area (Å²) < 4.78 is 5.05. The van der Waals surface area contributed by atoms with E-state index in [1.54, 1.807) is 0 Å². The second kappa shape index (κ2) is 2.73. The molecule has 1 aromatic rings. The average Bonchev–Trinajstić information content (AvgIpc) is 2.69. The first kappa shape index (κ1) is 8.05. The molecule has 0 aromatic carbocycles. The van der Waals surface area contributed by atoms with Crippen molar-refractivity contribution >= 4 is 11.6 Å². The zero-order chi connectivity index (χ0) is 8.60. The highest BCUT2D eigenvalue weighted by molar-refractivity contribution is 6.28. The fraction of sp³-hybridized carbons (Fsp3) is 0.750. The molecule has 0 amide bonds. The molecular formula is C8H11ClN2O. The summed E-state index contributed by atoms with van der Waals surface area (Å²) in [6.07, 6.45) is 4.62. The Labute approximate surface area is 76.1 Å². The van der Waals surface area contributed by atoms with E-state index in [9.17, 15) is 0 Å². The van der Waals surface area contributed by atoms with Crippen molar-refractivity contribution in [1.82, 2.24) is 10.1 Å². The van der Waals surface area contributed by atoms with E-state index in [4.69, 9.17) is 16.1 Å². The Morgan fingerprint density at radius 3 is 2.75 bits per heavy atom. The van der Waals surface area contributed by atoms with Crippen LogP contribution >= 0.6 is 11.6 Å². The van der Waals surface area contributed by atoms with Gasteiger partial charge < -0.3 is 4.52 Å². The Bertz CT molecular complexity index is 280. The molecule has 0 saturated heterocycles. The van der Waals surface area contributed by atoms with E-state index in [0.29, 0.717) is 0 Å². The summed E-state index contributed by atoms with van der Waals surface area (Å²) in [4.78, 5) is 4.05. The Morgan fingerprint density at radius 2 is 2.33 bits per heavy atom. The van der Waals surface area contributed by atoms with Crippen LogP contribution in [0.3, 0.4) is 0 Å². The number of nitrogens with zero attached hydrogens (tertiary/aromatic N) is 2. The molecule has 66 valence electrons. The highest BCUT2D eigenvalue weighted by Gasteiger charge is 2.48. The molecule has 12 heavy (non-hydrogen) atoms. The Hall–Kier alpha value is -0.570. The molecule has 1 aliphatic rings. The van der Waals surface area contributed by atoms with Gasteiger partial charge in [-0.05, 0) is 36.0 Å². The van der Waals surface area contributed by atoms with E-state index in [2.05, 4.69) is 17.1 Å². The fourth-order valence-electron chi connectivity index (χ4n) is 1.62. The van der Waals surface area contributed by atoms with Gasteiger partial charge in [0.05, 0.1) is 0 Å². The van der Waals surface area contributed by atoms with Gasteiger partial charge in [0.1, 0.15) is 0 Å².